The highest BCUT2D eigenvalue weighted by Gasteiger charge is 2.39. The fourth-order valence-electron chi connectivity index (χ4n) is 3.65. The molecule has 2 aliphatic carbocycles. The summed E-state index contributed by atoms with van der Waals surface area (Å²) >= 11 is 0. The third kappa shape index (κ3) is 3.32. The number of carbonyl (C=O) groups is 1. The van der Waals surface area contributed by atoms with E-state index in [1.165, 1.54) is 6.07 Å². The van der Waals surface area contributed by atoms with Gasteiger partial charge >= 0.3 is 0 Å². The molecule has 1 N–H and O–H groups in total. The first-order valence-electron chi connectivity index (χ1n) is 8.38. The lowest BCUT2D eigenvalue weighted by Gasteiger charge is -2.37. The number of nitrogens with zero attached hydrogens (tertiary/aromatic N) is 1. The van der Waals surface area contributed by atoms with Gasteiger partial charge in [0.05, 0.1) is 5.56 Å². The van der Waals surface area contributed by atoms with Crippen molar-refractivity contribution in [2.45, 2.75) is 57.0 Å². The van der Waals surface area contributed by atoms with Gasteiger partial charge in [-0.2, -0.15) is 0 Å². The first-order valence-corrected chi connectivity index (χ1v) is 8.38. The fourth-order valence-corrected chi connectivity index (χ4v) is 3.65. The number of amides is 1. The monoisotopic (exact) mass is 305 g/mol. The maximum Gasteiger partial charge on any atom is 0.257 e. The molecule has 1 aromatic rings. The van der Waals surface area contributed by atoms with Gasteiger partial charge in [0, 0.05) is 18.7 Å². The van der Waals surface area contributed by atoms with Crippen molar-refractivity contribution in [3.05, 3.63) is 35.6 Å². The predicted molar refractivity (Wildman–Crippen MR) is 83.0 cm³/mol. The highest BCUT2D eigenvalue weighted by Crippen LogP contribution is 2.37. The van der Waals surface area contributed by atoms with Crippen molar-refractivity contribution in [3.63, 3.8) is 0 Å². The Hall–Kier alpha value is -1.42. The van der Waals surface area contributed by atoms with E-state index in [4.69, 9.17) is 5.11 Å². The average molecular weight is 305 g/mol. The molecule has 3 nitrogen and oxygen atoms in total. The third-order valence-corrected chi connectivity index (χ3v) is 5.03. The van der Waals surface area contributed by atoms with Crippen LogP contribution in [0.4, 0.5) is 4.39 Å². The van der Waals surface area contributed by atoms with E-state index in [9.17, 15) is 9.18 Å². The van der Waals surface area contributed by atoms with E-state index in [1.807, 2.05) is 4.90 Å². The van der Waals surface area contributed by atoms with E-state index in [-0.39, 0.29) is 24.1 Å². The van der Waals surface area contributed by atoms with Crippen LogP contribution in [0.25, 0.3) is 0 Å². The van der Waals surface area contributed by atoms with Crippen LogP contribution < -0.4 is 0 Å². The summed E-state index contributed by atoms with van der Waals surface area (Å²) < 4.78 is 13.9. The van der Waals surface area contributed by atoms with Gasteiger partial charge < -0.3 is 10.0 Å². The summed E-state index contributed by atoms with van der Waals surface area (Å²) in [6, 6.07) is 6.81. The molecule has 0 heterocycles. The predicted octanol–water partition coefficient (Wildman–Crippen LogP) is 3.37. The molecule has 0 spiro atoms. The summed E-state index contributed by atoms with van der Waals surface area (Å²) in [5.74, 6) is 0.00388. The van der Waals surface area contributed by atoms with Crippen LogP contribution in [0, 0.1) is 11.7 Å². The zero-order valence-electron chi connectivity index (χ0n) is 12.9. The average Bonchev–Trinajstić information content (AvgIpc) is 3.35. The minimum Gasteiger partial charge on any atom is -0.396 e. The Kier molecular flexibility index (Phi) is 4.77. The number of aliphatic hydroxyl groups excluding tert-OH is 1. The maximum atomic E-state index is 13.9. The summed E-state index contributed by atoms with van der Waals surface area (Å²) in [5.41, 5.74) is 0.201. The van der Waals surface area contributed by atoms with Gasteiger partial charge in [0.1, 0.15) is 5.82 Å². The molecule has 0 saturated heterocycles. The van der Waals surface area contributed by atoms with Crippen LogP contribution in [0.1, 0.15) is 55.3 Å². The zero-order chi connectivity index (χ0) is 15.5. The normalized spacial score (nSPS) is 25.0. The Morgan fingerprint density at radius 2 is 1.68 bits per heavy atom. The minimum atomic E-state index is -0.424. The number of hydrogen-bond donors (Lipinski definition) is 1. The van der Waals surface area contributed by atoms with Gasteiger partial charge in [-0.3, -0.25) is 4.79 Å². The first-order chi connectivity index (χ1) is 10.7. The van der Waals surface area contributed by atoms with Crippen molar-refractivity contribution in [2.75, 3.05) is 6.61 Å². The van der Waals surface area contributed by atoms with Gasteiger partial charge in [0.25, 0.3) is 5.91 Å². The van der Waals surface area contributed by atoms with Crippen LogP contribution in [0.5, 0.6) is 0 Å². The third-order valence-electron chi connectivity index (χ3n) is 5.03. The Morgan fingerprint density at radius 1 is 1.09 bits per heavy atom. The second-order valence-corrected chi connectivity index (χ2v) is 6.61. The minimum absolute atomic E-state index is 0.147. The van der Waals surface area contributed by atoms with E-state index in [0.29, 0.717) is 12.0 Å². The van der Waals surface area contributed by atoms with Crippen molar-refractivity contribution in [3.8, 4) is 0 Å². The van der Waals surface area contributed by atoms with Gasteiger partial charge in [-0.25, -0.2) is 4.39 Å². The topological polar surface area (TPSA) is 40.5 Å². The highest BCUT2D eigenvalue weighted by atomic mass is 19.1. The maximum absolute atomic E-state index is 13.9. The first kappa shape index (κ1) is 15.5. The number of halogens is 1. The number of hydrogen-bond acceptors (Lipinski definition) is 2. The molecular formula is C18H24FNO2. The van der Waals surface area contributed by atoms with Crippen molar-refractivity contribution >= 4 is 5.91 Å². The Morgan fingerprint density at radius 3 is 2.23 bits per heavy atom. The smallest absolute Gasteiger partial charge is 0.257 e. The van der Waals surface area contributed by atoms with E-state index in [1.54, 1.807) is 18.2 Å². The molecule has 22 heavy (non-hydrogen) atoms. The summed E-state index contributed by atoms with van der Waals surface area (Å²) in [6.45, 7) is 0.246. The van der Waals surface area contributed by atoms with E-state index in [0.717, 1.165) is 44.9 Å². The molecular weight excluding hydrogens is 281 g/mol. The van der Waals surface area contributed by atoms with Gasteiger partial charge in [0.15, 0.2) is 0 Å². The van der Waals surface area contributed by atoms with Gasteiger partial charge in [0.2, 0.25) is 0 Å². The largest absolute Gasteiger partial charge is 0.396 e. The fraction of sp³-hybridized carbons (Fsp3) is 0.611. The number of aliphatic hydroxyl groups is 1. The lowest BCUT2D eigenvalue weighted by molar-refractivity contribution is 0.0573. The van der Waals surface area contributed by atoms with E-state index < -0.39 is 5.82 Å². The molecule has 2 aliphatic rings. The zero-order valence-corrected chi connectivity index (χ0v) is 12.9. The lowest BCUT2D eigenvalue weighted by Crippen LogP contribution is -2.44. The molecule has 0 unspecified atom stereocenters. The second kappa shape index (κ2) is 6.78. The Balaban J connectivity index is 1.71. The van der Waals surface area contributed by atoms with Crippen molar-refractivity contribution in [2.24, 2.45) is 5.92 Å². The second-order valence-electron chi connectivity index (χ2n) is 6.61. The highest BCUT2D eigenvalue weighted by molar-refractivity contribution is 5.95. The lowest BCUT2D eigenvalue weighted by atomic mass is 9.83. The Bertz CT molecular complexity index is 522. The number of carbonyl (C=O) groups excluding carboxylic acids is 1. The van der Waals surface area contributed by atoms with E-state index in [2.05, 4.69) is 0 Å². The standard InChI is InChI=1S/C18H24FNO2/c19-17-4-2-1-3-16(17)18(22)20(15-9-10-15)14-7-5-13(6-8-14)11-12-21/h1-4,13-15,21H,5-12H2. The number of benzene rings is 1. The van der Waals surface area contributed by atoms with Gasteiger partial charge in [-0.05, 0) is 63.0 Å². The van der Waals surface area contributed by atoms with Crippen molar-refractivity contribution in [1.29, 1.82) is 0 Å². The molecule has 2 saturated carbocycles. The summed E-state index contributed by atoms with van der Waals surface area (Å²) in [4.78, 5) is 14.8. The van der Waals surface area contributed by atoms with Crippen LogP contribution in [-0.4, -0.2) is 34.6 Å². The molecule has 2 fully saturated rings. The molecule has 1 aromatic carbocycles. The van der Waals surface area contributed by atoms with Crippen molar-refractivity contribution < 1.29 is 14.3 Å². The van der Waals surface area contributed by atoms with Gasteiger partial charge in [-0.1, -0.05) is 12.1 Å². The molecule has 0 radical (unpaired) electrons. The molecule has 3 rings (SSSR count). The summed E-state index contributed by atoms with van der Waals surface area (Å²) in [6.07, 6.45) is 6.99. The Labute approximate surface area is 131 Å². The molecule has 0 aromatic heterocycles. The van der Waals surface area contributed by atoms with Crippen molar-refractivity contribution in [1.82, 2.24) is 4.90 Å². The molecule has 4 heteroatoms. The SMILES string of the molecule is O=C(c1ccccc1F)N(C1CCC(CCO)CC1)C1CC1. The van der Waals surface area contributed by atoms with Crippen LogP contribution in [0.2, 0.25) is 0 Å². The quantitative estimate of drug-likeness (QED) is 0.906. The van der Waals surface area contributed by atoms with Crippen LogP contribution in [0.3, 0.4) is 0 Å². The summed E-state index contributed by atoms with van der Waals surface area (Å²) in [7, 11) is 0. The molecule has 1 amide bonds. The summed E-state index contributed by atoms with van der Waals surface area (Å²) in [5, 5.41) is 9.05. The molecule has 0 aliphatic heterocycles. The molecule has 120 valence electrons. The van der Waals surface area contributed by atoms with Crippen LogP contribution in [-0.2, 0) is 0 Å². The molecule has 0 atom stereocenters. The van der Waals surface area contributed by atoms with E-state index >= 15 is 0 Å². The number of rotatable bonds is 5. The van der Waals surface area contributed by atoms with Gasteiger partial charge in [-0.15, -0.1) is 0 Å². The van der Waals surface area contributed by atoms with Crippen LogP contribution >= 0.6 is 0 Å². The molecule has 0 bridgehead atoms. The van der Waals surface area contributed by atoms with Crippen LogP contribution in [0.15, 0.2) is 24.3 Å².